The first-order chi connectivity index (χ1) is 6.37. The monoisotopic (exact) mass is 199 g/mol. The van der Waals surface area contributed by atoms with Crippen LogP contribution >= 0.6 is 0 Å². The highest BCUT2D eigenvalue weighted by atomic mass is 16.2. The minimum atomic E-state index is -0.410. The third-order valence-corrected chi connectivity index (χ3v) is 2.32. The van der Waals surface area contributed by atoms with Crippen LogP contribution in [0, 0.1) is 5.41 Å². The van der Waals surface area contributed by atoms with Gasteiger partial charge in [-0.3, -0.25) is 0 Å². The van der Waals surface area contributed by atoms with Gasteiger partial charge in [-0.1, -0.05) is 20.8 Å². The lowest BCUT2D eigenvalue weighted by molar-refractivity contribution is 0.221. The molecule has 1 heterocycles. The summed E-state index contributed by atoms with van der Waals surface area (Å²) >= 11 is 0. The van der Waals surface area contributed by atoms with Gasteiger partial charge < -0.3 is 16.0 Å². The maximum absolute atomic E-state index is 10.6. The molecule has 0 aliphatic carbocycles. The number of carbonyl (C=O) groups excluding carboxylic acids is 1. The highest BCUT2D eigenvalue weighted by Crippen LogP contribution is 2.19. The zero-order valence-electron chi connectivity index (χ0n) is 9.34. The lowest BCUT2D eigenvalue weighted by atomic mass is 9.96. The van der Waals surface area contributed by atoms with Crippen molar-refractivity contribution in [2.24, 2.45) is 11.1 Å². The van der Waals surface area contributed by atoms with Crippen LogP contribution in [0.2, 0.25) is 0 Å². The van der Waals surface area contributed by atoms with E-state index in [0.29, 0.717) is 5.41 Å². The number of amides is 2. The second kappa shape index (κ2) is 4.17. The van der Waals surface area contributed by atoms with Gasteiger partial charge in [0.1, 0.15) is 0 Å². The maximum atomic E-state index is 10.6. The first-order valence-corrected chi connectivity index (χ1v) is 5.15. The Morgan fingerprint density at radius 3 is 2.71 bits per heavy atom. The Labute approximate surface area is 85.8 Å². The van der Waals surface area contributed by atoms with Gasteiger partial charge in [0, 0.05) is 25.7 Å². The van der Waals surface area contributed by atoms with Crippen LogP contribution < -0.4 is 11.1 Å². The van der Waals surface area contributed by atoms with Crippen molar-refractivity contribution in [1.82, 2.24) is 10.2 Å². The van der Waals surface area contributed by atoms with E-state index in [1.165, 1.54) is 0 Å². The minimum Gasteiger partial charge on any atom is -0.352 e. The molecule has 1 aliphatic heterocycles. The number of likely N-dealkylation sites (tertiary alicyclic amines) is 1. The number of hydrogen-bond acceptors (Lipinski definition) is 2. The molecule has 1 atom stereocenters. The fourth-order valence-corrected chi connectivity index (χ4v) is 1.97. The third kappa shape index (κ3) is 3.96. The summed E-state index contributed by atoms with van der Waals surface area (Å²) in [6, 6.07) is -0.164. The lowest BCUT2D eigenvalue weighted by Gasteiger charge is -2.26. The van der Waals surface area contributed by atoms with Crippen LogP contribution in [0.25, 0.3) is 0 Å². The minimum absolute atomic E-state index is 0.245. The predicted molar refractivity (Wildman–Crippen MR) is 57.0 cm³/mol. The van der Waals surface area contributed by atoms with E-state index < -0.39 is 6.03 Å². The van der Waals surface area contributed by atoms with E-state index in [4.69, 9.17) is 5.73 Å². The average molecular weight is 199 g/mol. The summed E-state index contributed by atoms with van der Waals surface area (Å²) < 4.78 is 0. The Morgan fingerprint density at radius 2 is 2.21 bits per heavy atom. The number of carbonyl (C=O) groups is 1. The summed E-state index contributed by atoms with van der Waals surface area (Å²) in [5.41, 5.74) is 5.40. The van der Waals surface area contributed by atoms with Crippen molar-refractivity contribution in [2.75, 3.05) is 19.6 Å². The highest BCUT2D eigenvalue weighted by Gasteiger charge is 2.26. The number of rotatable bonds is 2. The van der Waals surface area contributed by atoms with Crippen LogP contribution in [0.3, 0.4) is 0 Å². The zero-order valence-corrected chi connectivity index (χ0v) is 9.34. The van der Waals surface area contributed by atoms with Gasteiger partial charge in [0.15, 0.2) is 0 Å². The summed E-state index contributed by atoms with van der Waals surface area (Å²) in [6.07, 6.45) is 1.01. The van der Waals surface area contributed by atoms with Crippen LogP contribution in [0.15, 0.2) is 0 Å². The van der Waals surface area contributed by atoms with Gasteiger partial charge in [0.2, 0.25) is 0 Å². The molecule has 1 aliphatic rings. The van der Waals surface area contributed by atoms with Crippen molar-refractivity contribution in [3.63, 3.8) is 0 Å². The molecule has 82 valence electrons. The first kappa shape index (κ1) is 11.3. The van der Waals surface area contributed by atoms with Crippen molar-refractivity contribution in [3.05, 3.63) is 0 Å². The van der Waals surface area contributed by atoms with E-state index in [1.807, 2.05) is 0 Å². The summed E-state index contributed by atoms with van der Waals surface area (Å²) in [4.78, 5) is 13.0. The highest BCUT2D eigenvalue weighted by molar-refractivity contribution is 5.72. The molecule has 14 heavy (non-hydrogen) atoms. The number of primary amides is 1. The molecular formula is C10H21N3O. The average Bonchev–Trinajstić information content (AvgIpc) is 2.30. The zero-order chi connectivity index (χ0) is 10.8. The Bertz CT molecular complexity index is 210. The van der Waals surface area contributed by atoms with E-state index in [9.17, 15) is 4.79 Å². The third-order valence-electron chi connectivity index (χ3n) is 2.32. The Morgan fingerprint density at radius 1 is 1.57 bits per heavy atom. The van der Waals surface area contributed by atoms with Crippen LogP contribution in [0.5, 0.6) is 0 Å². The molecule has 0 radical (unpaired) electrons. The molecule has 0 aromatic rings. The Balaban J connectivity index is 2.31. The van der Waals surface area contributed by atoms with Crippen molar-refractivity contribution >= 4 is 6.03 Å². The molecule has 0 bridgehead atoms. The summed E-state index contributed by atoms with van der Waals surface area (Å²) in [5.74, 6) is 0. The van der Waals surface area contributed by atoms with Gasteiger partial charge in [-0.2, -0.15) is 0 Å². The van der Waals surface area contributed by atoms with Crippen molar-refractivity contribution in [3.8, 4) is 0 Å². The summed E-state index contributed by atoms with van der Waals surface area (Å²) in [7, 11) is 0. The molecule has 0 aromatic carbocycles. The second-order valence-corrected chi connectivity index (χ2v) is 5.29. The van der Waals surface area contributed by atoms with Gasteiger partial charge in [-0.05, 0) is 11.8 Å². The van der Waals surface area contributed by atoms with E-state index in [0.717, 1.165) is 26.1 Å². The number of nitrogens with zero attached hydrogens (tertiary/aromatic N) is 1. The van der Waals surface area contributed by atoms with Gasteiger partial charge in [-0.25, -0.2) is 4.79 Å². The lowest BCUT2D eigenvalue weighted by Crippen LogP contribution is -2.41. The molecule has 3 N–H and O–H groups in total. The molecule has 0 spiro atoms. The molecule has 4 heteroatoms. The van der Waals surface area contributed by atoms with E-state index in [2.05, 4.69) is 31.0 Å². The largest absolute Gasteiger partial charge is 0.352 e. The number of nitrogens with two attached hydrogens (primary N) is 1. The molecule has 1 saturated heterocycles. The van der Waals surface area contributed by atoms with E-state index >= 15 is 0 Å². The first-order valence-electron chi connectivity index (χ1n) is 5.15. The van der Waals surface area contributed by atoms with Gasteiger partial charge in [-0.15, -0.1) is 0 Å². The normalized spacial score (nSPS) is 23.8. The molecule has 1 rings (SSSR count). The van der Waals surface area contributed by atoms with Gasteiger partial charge in [0.05, 0.1) is 0 Å². The quantitative estimate of drug-likeness (QED) is 0.690. The topological polar surface area (TPSA) is 58.4 Å². The van der Waals surface area contributed by atoms with Crippen molar-refractivity contribution in [2.45, 2.75) is 33.2 Å². The van der Waals surface area contributed by atoms with Crippen LogP contribution in [0.1, 0.15) is 27.2 Å². The van der Waals surface area contributed by atoms with E-state index in [1.54, 1.807) is 0 Å². The number of hydrogen-bond donors (Lipinski definition) is 2. The predicted octanol–water partition coefficient (Wildman–Crippen LogP) is 0.775. The Hall–Kier alpha value is -0.770. The summed E-state index contributed by atoms with van der Waals surface area (Å²) in [6.45, 7) is 9.73. The van der Waals surface area contributed by atoms with E-state index in [-0.39, 0.29) is 6.04 Å². The van der Waals surface area contributed by atoms with Gasteiger partial charge in [0.25, 0.3) is 0 Å². The summed E-state index contributed by atoms with van der Waals surface area (Å²) in [5, 5.41) is 2.75. The fourth-order valence-electron chi connectivity index (χ4n) is 1.97. The van der Waals surface area contributed by atoms with Crippen LogP contribution in [-0.2, 0) is 0 Å². The second-order valence-electron chi connectivity index (χ2n) is 5.29. The van der Waals surface area contributed by atoms with Crippen LogP contribution in [-0.4, -0.2) is 36.6 Å². The SMILES string of the molecule is CC(C)(C)CN1CCC(NC(N)=O)C1. The molecule has 1 fully saturated rings. The molecule has 1 unspecified atom stereocenters. The Kier molecular flexibility index (Phi) is 3.37. The maximum Gasteiger partial charge on any atom is 0.312 e. The van der Waals surface area contributed by atoms with Gasteiger partial charge >= 0.3 is 6.03 Å². The van der Waals surface area contributed by atoms with Crippen molar-refractivity contribution in [1.29, 1.82) is 0 Å². The standard InChI is InChI=1S/C10H21N3O/c1-10(2,3)7-13-5-4-8(6-13)12-9(11)14/h8H,4-7H2,1-3H3,(H3,11,12,14). The number of nitrogens with one attached hydrogen (secondary N) is 1. The van der Waals surface area contributed by atoms with Crippen molar-refractivity contribution < 1.29 is 4.79 Å². The fraction of sp³-hybridized carbons (Fsp3) is 0.900. The molecule has 2 amide bonds. The molecule has 4 nitrogen and oxygen atoms in total. The van der Waals surface area contributed by atoms with Crippen LogP contribution in [0.4, 0.5) is 4.79 Å². The molecule has 0 aromatic heterocycles. The number of urea groups is 1. The molecular weight excluding hydrogens is 178 g/mol. The smallest absolute Gasteiger partial charge is 0.312 e. The molecule has 0 saturated carbocycles.